The number of ketones is 1. The molecule has 0 spiro atoms. The fourth-order valence-electron chi connectivity index (χ4n) is 2.72. The number of halogens is 1. The Morgan fingerprint density at radius 3 is 2.81 bits per heavy atom. The summed E-state index contributed by atoms with van der Waals surface area (Å²) in [6.45, 7) is 1.67. The van der Waals surface area contributed by atoms with Gasteiger partial charge in [0, 0.05) is 24.0 Å². The van der Waals surface area contributed by atoms with Crippen molar-refractivity contribution in [3.63, 3.8) is 0 Å². The number of furan rings is 1. The molecule has 0 atom stereocenters. The molecule has 0 saturated carbocycles. The zero-order chi connectivity index (χ0) is 14.4. The maximum atomic E-state index is 12.6. The Balaban J connectivity index is 1.77. The van der Waals surface area contributed by atoms with E-state index in [0.29, 0.717) is 21.9 Å². The summed E-state index contributed by atoms with van der Waals surface area (Å²) in [4.78, 5) is 12.6. The molecule has 0 amide bonds. The quantitative estimate of drug-likeness (QED) is 0.729. The van der Waals surface area contributed by atoms with Crippen molar-refractivity contribution in [2.45, 2.75) is 13.1 Å². The van der Waals surface area contributed by atoms with E-state index in [4.69, 9.17) is 16.0 Å². The van der Waals surface area contributed by atoms with Crippen molar-refractivity contribution in [1.82, 2.24) is 5.32 Å². The van der Waals surface area contributed by atoms with E-state index in [-0.39, 0.29) is 5.78 Å². The van der Waals surface area contributed by atoms with Crippen molar-refractivity contribution in [2.75, 3.05) is 0 Å². The summed E-state index contributed by atoms with van der Waals surface area (Å²) in [5.41, 5.74) is 3.63. The van der Waals surface area contributed by atoms with Crippen LogP contribution in [0.4, 0.5) is 0 Å². The SMILES string of the molecule is O=C(c1ccc2c(c1)CNC2)c1cc2cccc(Cl)c2o1. The first-order chi connectivity index (χ1) is 10.2. The van der Waals surface area contributed by atoms with E-state index in [1.807, 2.05) is 30.3 Å². The molecule has 21 heavy (non-hydrogen) atoms. The molecular weight excluding hydrogens is 286 g/mol. The summed E-state index contributed by atoms with van der Waals surface area (Å²) in [6, 6.07) is 13.0. The number of carbonyl (C=O) groups is 1. The summed E-state index contributed by atoms with van der Waals surface area (Å²) in [7, 11) is 0. The molecule has 1 aliphatic heterocycles. The summed E-state index contributed by atoms with van der Waals surface area (Å²) in [6.07, 6.45) is 0. The molecule has 0 fully saturated rings. The van der Waals surface area contributed by atoms with Crippen LogP contribution in [0, 0.1) is 0 Å². The van der Waals surface area contributed by atoms with Crippen LogP contribution < -0.4 is 5.32 Å². The minimum absolute atomic E-state index is 0.114. The average molecular weight is 298 g/mol. The van der Waals surface area contributed by atoms with Gasteiger partial charge in [-0.1, -0.05) is 35.9 Å². The van der Waals surface area contributed by atoms with Gasteiger partial charge in [-0.2, -0.15) is 0 Å². The molecule has 0 unspecified atom stereocenters. The Morgan fingerprint density at radius 2 is 1.95 bits per heavy atom. The minimum atomic E-state index is -0.114. The van der Waals surface area contributed by atoms with E-state index in [2.05, 4.69) is 5.32 Å². The zero-order valence-electron chi connectivity index (χ0n) is 11.2. The second-order valence-electron chi connectivity index (χ2n) is 5.19. The number of benzene rings is 2. The monoisotopic (exact) mass is 297 g/mol. The lowest BCUT2D eigenvalue weighted by molar-refractivity contribution is 0.101. The number of fused-ring (bicyclic) bond motifs is 2. The van der Waals surface area contributed by atoms with Crippen molar-refractivity contribution >= 4 is 28.4 Å². The van der Waals surface area contributed by atoms with Crippen LogP contribution >= 0.6 is 11.6 Å². The number of para-hydroxylation sites is 1. The molecule has 1 aromatic heterocycles. The molecule has 3 aromatic rings. The van der Waals surface area contributed by atoms with Gasteiger partial charge in [0.05, 0.1) is 5.02 Å². The smallest absolute Gasteiger partial charge is 0.228 e. The van der Waals surface area contributed by atoms with Crippen molar-refractivity contribution in [1.29, 1.82) is 0 Å². The van der Waals surface area contributed by atoms with Gasteiger partial charge in [-0.05, 0) is 29.3 Å². The molecule has 0 aliphatic carbocycles. The molecule has 2 aromatic carbocycles. The maximum Gasteiger partial charge on any atom is 0.228 e. The fraction of sp³-hybridized carbons (Fsp3) is 0.118. The highest BCUT2D eigenvalue weighted by Crippen LogP contribution is 2.28. The molecule has 4 heteroatoms. The van der Waals surface area contributed by atoms with Crippen LogP contribution in [0.5, 0.6) is 0 Å². The highest BCUT2D eigenvalue weighted by Gasteiger charge is 2.18. The van der Waals surface area contributed by atoms with Gasteiger partial charge in [-0.15, -0.1) is 0 Å². The van der Waals surface area contributed by atoms with Gasteiger partial charge in [0.2, 0.25) is 5.78 Å². The number of hydrogen-bond acceptors (Lipinski definition) is 3. The molecule has 3 nitrogen and oxygen atoms in total. The number of carbonyl (C=O) groups excluding carboxylic acids is 1. The third-order valence-electron chi connectivity index (χ3n) is 3.82. The van der Waals surface area contributed by atoms with Gasteiger partial charge in [0.1, 0.15) is 0 Å². The van der Waals surface area contributed by atoms with E-state index in [1.54, 1.807) is 12.1 Å². The Labute approximate surface area is 126 Å². The van der Waals surface area contributed by atoms with Crippen LogP contribution in [0.15, 0.2) is 46.9 Å². The fourth-order valence-corrected chi connectivity index (χ4v) is 2.94. The molecular formula is C17H12ClNO2. The zero-order valence-corrected chi connectivity index (χ0v) is 11.9. The third-order valence-corrected chi connectivity index (χ3v) is 4.12. The van der Waals surface area contributed by atoms with Gasteiger partial charge in [-0.3, -0.25) is 4.79 Å². The van der Waals surface area contributed by atoms with Crippen LogP contribution in [0.25, 0.3) is 11.0 Å². The van der Waals surface area contributed by atoms with E-state index in [1.165, 1.54) is 11.1 Å². The Kier molecular flexibility index (Phi) is 2.84. The molecule has 1 N–H and O–H groups in total. The van der Waals surface area contributed by atoms with Crippen molar-refractivity contribution in [3.8, 4) is 0 Å². The summed E-state index contributed by atoms with van der Waals surface area (Å²) < 4.78 is 5.64. The molecule has 0 saturated heterocycles. The van der Waals surface area contributed by atoms with E-state index >= 15 is 0 Å². The highest BCUT2D eigenvalue weighted by atomic mass is 35.5. The van der Waals surface area contributed by atoms with Gasteiger partial charge < -0.3 is 9.73 Å². The van der Waals surface area contributed by atoms with E-state index < -0.39 is 0 Å². The second-order valence-corrected chi connectivity index (χ2v) is 5.59. The maximum absolute atomic E-state index is 12.6. The first kappa shape index (κ1) is 12.6. The normalized spacial score (nSPS) is 13.6. The lowest BCUT2D eigenvalue weighted by Gasteiger charge is -2.01. The largest absolute Gasteiger partial charge is 0.451 e. The van der Waals surface area contributed by atoms with Crippen molar-refractivity contribution < 1.29 is 9.21 Å². The van der Waals surface area contributed by atoms with Crippen LogP contribution in [-0.4, -0.2) is 5.78 Å². The van der Waals surface area contributed by atoms with Crippen LogP contribution in [0.1, 0.15) is 27.2 Å². The van der Waals surface area contributed by atoms with Crippen LogP contribution in [0.3, 0.4) is 0 Å². The van der Waals surface area contributed by atoms with Gasteiger partial charge in [0.15, 0.2) is 11.3 Å². The standard InChI is InChI=1S/C17H12ClNO2/c18-14-3-1-2-11-7-15(21-17(11)14)16(20)10-4-5-12-8-19-9-13(12)6-10/h1-7,19H,8-9H2. The molecule has 2 heterocycles. The number of nitrogens with one attached hydrogen (secondary N) is 1. The first-order valence-corrected chi connectivity index (χ1v) is 7.15. The van der Waals surface area contributed by atoms with Gasteiger partial charge in [-0.25, -0.2) is 0 Å². The Bertz CT molecular complexity index is 866. The summed E-state index contributed by atoms with van der Waals surface area (Å²) in [5.74, 6) is 0.209. The molecule has 1 aliphatic rings. The summed E-state index contributed by atoms with van der Waals surface area (Å²) >= 11 is 6.08. The lowest BCUT2D eigenvalue weighted by atomic mass is 10.0. The molecule has 0 radical (unpaired) electrons. The van der Waals surface area contributed by atoms with E-state index in [0.717, 1.165) is 18.5 Å². The Morgan fingerprint density at radius 1 is 1.10 bits per heavy atom. The predicted molar refractivity (Wildman–Crippen MR) is 81.6 cm³/mol. The lowest BCUT2D eigenvalue weighted by Crippen LogP contribution is -2.01. The first-order valence-electron chi connectivity index (χ1n) is 6.77. The predicted octanol–water partition coefficient (Wildman–Crippen LogP) is 3.92. The highest BCUT2D eigenvalue weighted by molar-refractivity contribution is 6.35. The van der Waals surface area contributed by atoms with Crippen molar-refractivity contribution in [2.24, 2.45) is 0 Å². The Hall–Kier alpha value is -2.10. The van der Waals surface area contributed by atoms with E-state index in [9.17, 15) is 4.79 Å². The van der Waals surface area contributed by atoms with Crippen LogP contribution in [0.2, 0.25) is 5.02 Å². The van der Waals surface area contributed by atoms with Crippen LogP contribution in [-0.2, 0) is 13.1 Å². The molecule has 104 valence electrons. The number of hydrogen-bond donors (Lipinski definition) is 1. The van der Waals surface area contributed by atoms with Gasteiger partial charge >= 0.3 is 0 Å². The third kappa shape index (κ3) is 2.06. The minimum Gasteiger partial charge on any atom is -0.451 e. The topological polar surface area (TPSA) is 42.2 Å². The summed E-state index contributed by atoms with van der Waals surface area (Å²) in [5, 5.41) is 4.63. The van der Waals surface area contributed by atoms with Crippen molar-refractivity contribution in [3.05, 3.63) is 69.9 Å². The average Bonchev–Trinajstić information content (AvgIpc) is 3.12. The second kappa shape index (κ2) is 4.72. The van der Waals surface area contributed by atoms with Gasteiger partial charge in [0.25, 0.3) is 0 Å². The molecule has 0 bridgehead atoms. The number of rotatable bonds is 2. The molecule has 4 rings (SSSR count).